The summed E-state index contributed by atoms with van der Waals surface area (Å²) in [5.74, 6) is 0.0681. The Morgan fingerprint density at radius 1 is 1.11 bits per heavy atom. The summed E-state index contributed by atoms with van der Waals surface area (Å²) in [5, 5.41) is 11.4. The second kappa shape index (κ2) is 13.0. The predicted molar refractivity (Wildman–Crippen MR) is 183 cm³/mol. The zero-order valence-corrected chi connectivity index (χ0v) is 30.4. The average Bonchev–Trinajstić information content (AvgIpc) is 3.64. The first-order chi connectivity index (χ1) is 22.0. The summed E-state index contributed by atoms with van der Waals surface area (Å²) in [4.78, 5) is 54.1. The number of nitrogens with zero attached hydrogens (tertiary/aromatic N) is 1. The van der Waals surface area contributed by atoms with Crippen molar-refractivity contribution in [1.29, 1.82) is 0 Å². The second-order valence-electron chi connectivity index (χ2n) is 16.9. The Labute approximate surface area is 283 Å². The van der Waals surface area contributed by atoms with Gasteiger partial charge in [-0.2, -0.15) is 0 Å². The van der Waals surface area contributed by atoms with Gasteiger partial charge in [0, 0.05) is 30.7 Å². The molecule has 5 aliphatic rings. The van der Waals surface area contributed by atoms with Gasteiger partial charge in [-0.1, -0.05) is 61.1 Å². The number of hydrogen-bond donors (Lipinski definition) is 1. The molecule has 47 heavy (non-hydrogen) atoms. The standard InChI is InChI=1S/C40H61NO6/c1-10-41(11-2)19-15-33(44)47-22-24(3)26(5)35(45)36(46)28(7)34-29(20-25(4)42)21-38(9)32-13-12-30-27(6)31(43)14-16-39(30)23-40(32,39)18-17-37(34,38)8/h14,16,24,27-30,32,34-35,45H,5,10-13,15,17-23H2,1-4,6-9H3/t24-,27-,28-,29-,30?,32?,34-,35?,37+,38-,39+,40-/m0/s1. The van der Waals surface area contributed by atoms with Gasteiger partial charge in [0.15, 0.2) is 11.6 Å². The number of aliphatic hydroxyl groups is 1. The minimum absolute atomic E-state index is 0.0354. The Morgan fingerprint density at radius 2 is 1.79 bits per heavy atom. The van der Waals surface area contributed by atoms with Crippen LogP contribution >= 0.6 is 0 Å². The van der Waals surface area contributed by atoms with Crippen LogP contribution in [0.1, 0.15) is 107 Å². The minimum atomic E-state index is -1.36. The molecule has 12 atom stereocenters. The maximum atomic E-state index is 14.2. The van der Waals surface area contributed by atoms with Crippen LogP contribution in [-0.2, 0) is 23.9 Å². The third kappa shape index (κ3) is 5.63. The van der Waals surface area contributed by atoms with E-state index in [1.165, 1.54) is 0 Å². The van der Waals surface area contributed by atoms with Gasteiger partial charge in [0.2, 0.25) is 0 Å². The number of carbonyl (C=O) groups is 4. The Kier molecular flexibility index (Phi) is 9.98. The SMILES string of the molecule is C=C(C(O)C(=O)[C@@H](C)[C@H]1[C@@H](CC(C)=O)C[C@@]2(C)C3CCC4[C@H](C)C(=O)C=C[C@@]45C[C@@]35CC[C@]12C)[C@@H](C)COC(=O)CCN(CC)CC. The van der Waals surface area contributed by atoms with E-state index in [9.17, 15) is 24.3 Å². The van der Waals surface area contributed by atoms with Crippen LogP contribution in [0.2, 0.25) is 0 Å². The van der Waals surface area contributed by atoms with Gasteiger partial charge in [-0.3, -0.25) is 14.4 Å². The molecule has 0 amide bonds. The Bertz CT molecular complexity index is 1320. The van der Waals surface area contributed by atoms with Crippen LogP contribution in [0.15, 0.2) is 24.3 Å². The van der Waals surface area contributed by atoms with Crippen molar-refractivity contribution in [2.75, 3.05) is 26.2 Å². The quantitative estimate of drug-likeness (QED) is 0.166. The molecule has 7 heteroatoms. The molecular weight excluding hydrogens is 590 g/mol. The van der Waals surface area contributed by atoms with Crippen LogP contribution < -0.4 is 0 Å². The van der Waals surface area contributed by atoms with Crippen molar-refractivity contribution in [3.8, 4) is 0 Å². The summed E-state index contributed by atoms with van der Waals surface area (Å²) in [6.45, 7) is 23.1. The molecule has 0 aromatic rings. The fourth-order valence-corrected chi connectivity index (χ4v) is 12.2. The summed E-state index contributed by atoms with van der Waals surface area (Å²) in [6.07, 6.45) is 9.83. The van der Waals surface area contributed by atoms with E-state index in [1.807, 2.05) is 19.9 Å². The minimum Gasteiger partial charge on any atom is -0.465 e. The van der Waals surface area contributed by atoms with Gasteiger partial charge < -0.3 is 19.5 Å². The van der Waals surface area contributed by atoms with Crippen LogP contribution in [0.5, 0.6) is 0 Å². The molecule has 0 heterocycles. The molecule has 2 spiro atoms. The van der Waals surface area contributed by atoms with E-state index in [2.05, 4.69) is 52.2 Å². The van der Waals surface area contributed by atoms with E-state index in [-0.39, 0.29) is 75.3 Å². The van der Waals surface area contributed by atoms with E-state index >= 15 is 0 Å². The molecular formula is C40H61NO6. The van der Waals surface area contributed by atoms with E-state index in [0.29, 0.717) is 36.8 Å². The van der Waals surface area contributed by atoms with Gasteiger partial charge in [-0.15, -0.1) is 0 Å². The van der Waals surface area contributed by atoms with Crippen molar-refractivity contribution in [3.05, 3.63) is 24.3 Å². The summed E-state index contributed by atoms with van der Waals surface area (Å²) in [5.41, 5.74) is 0.474. The molecule has 4 saturated carbocycles. The van der Waals surface area contributed by atoms with Crippen LogP contribution in [0.3, 0.4) is 0 Å². The van der Waals surface area contributed by atoms with Gasteiger partial charge in [0.1, 0.15) is 11.9 Å². The molecule has 0 aromatic heterocycles. The first-order valence-electron chi connectivity index (χ1n) is 18.5. The Balaban J connectivity index is 1.32. The number of aliphatic hydroxyl groups excluding tert-OH is 1. The Morgan fingerprint density at radius 3 is 2.43 bits per heavy atom. The number of allylic oxidation sites excluding steroid dienone is 2. The van der Waals surface area contributed by atoms with Gasteiger partial charge in [-0.25, -0.2) is 0 Å². The van der Waals surface area contributed by atoms with Crippen molar-refractivity contribution < 1.29 is 29.0 Å². The molecule has 262 valence electrons. The lowest BCUT2D eigenvalue weighted by molar-refractivity contribution is -0.145. The van der Waals surface area contributed by atoms with Gasteiger partial charge in [0.25, 0.3) is 0 Å². The summed E-state index contributed by atoms with van der Waals surface area (Å²) in [7, 11) is 0. The number of carbonyl (C=O) groups excluding carboxylic acids is 4. The first kappa shape index (κ1) is 36.2. The number of ketones is 3. The number of hydrogen-bond acceptors (Lipinski definition) is 7. The molecule has 4 fully saturated rings. The maximum absolute atomic E-state index is 14.2. The smallest absolute Gasteiger partial charge is 0.307 e. The first-order valence-corrected chi connectivity index (χ1v) is 18.5. The maximum Gasteiger partial charge on any atom is 0.307 e. The number of Topliss-reactive ketones (excluding diaryl/α,β-unsaturated/α-hetero) is 2. The van der Waals surface area contributed by atoms with Gasteiger partial charge in [-0.05, 0) is 116 Å². The zero-order chi connectivity index (χ0) is 34.7. The highest BCUT2D eigenvalue weighted by Crippen LogP contribution is 2.87. The van der Waals surface area contributed by atoms with Crippen LogP contribution in [0.25, 0.3) is 0 Å². The van der Waals surface area contributed by atoms with Crippen molar-refractivity contribution in [2.45, 2.75) is 113 Å². The monoisotopic (exact) mass is 651 g/mol. The highest BCUT2D eigenvalue weighted by Gasteiger charge is 2.81. The highest BCUT2D eigenvalue weighted by atomic mass is 16.5. The lowest BCUT2D eigenvalue weighted by Gasteiger charge is -2.61. The number of rotatable bonds is 14. The van der Waals surface area contributed by atoms with Crippen molar-refractivity contribution >= 4 is 23.3 Å². The highest BCUT2D eigenvalue weighted by molar-refractivity contribution is 5.93. The molecule has 0 bridgehead atoms. The molecule has 7 nitrogen and oxygen atoms in total. The van der Waals surface area contributed by atoms with Crippen molar-refractivity contribution in [3.63, 3.8) is 0 Å². The molecule has 0 aromatic carbocycles. The fourth-order valence-electron chi connectivity index (χ4n) is 12.2. The topological polar surface area (TPSA) is 101 Å². The van der Waals surface area contributed by atoms with E-state index < -0.39 is 12.0 Å². The van der Waals surface area contributed by atoms with Crippen LogP contribution in [0, 0.1) is 63.1 Å². The summed E-state index contributed by atoms with van der Waals surface area (Å²) in [6, 6.07) is 0. The van der Waals surface area contributed by atoms with Crippen molar-refractivity contribution in [2.24, 2.45) is 63.1 Å². The largest absolute Gasteiger partial charge is 0.465 e. The van der Waals surface area contributed by atoms with Crippen molar-refractivity contribution in [1.82, 2.24) is 4.90 Å². The number of ether oxygens (including phenoxy) is 1. The number of esters is 1. The molecule has 0 radical (unpaired) electrons. The molecule has 0 aliphatic heterocycles. The summed E-state index contributed by atoms with van der Waals surface area (Å²) < 4.78 is 5.52. The lowest BCUT2D eigenvalue weighted by Crippen LogP contribution is -2.55. The van der Waals surface area contributed by atoms with E-state index in [0.717, 1.165) is 51.6 Å². The second-order valence-corrected chi connectivity index (χ2v) is 16.9. The van der Waals surface area contributed by atoms with E-state index in [1.54, 1.807) is 6.92 Å². The molecule has 3 unspecified atom stereocenters. The molecule has 5 aliphatic carbocycles. The van der Waals surface area contributed by atoms with Gasteiger partial charge >= 0.3 is 5.97 Å². The number of fused-ring (bicyclic) bond motifs is 2. The molecule has 1 N–H and O–H groups in total. The fraction of sp³-hybridized carbons (Fsp3) is 0.800. The van der Waals surface area contributed by atoms with Crippen LogP contribution in [-0.4, -0.2) is 65.7 Å². The zero-order valence-electron chi connectivity index (χ0n) is 30.4. The molecule has 5 rings (SSSR count). The van der Waals surface area contributed by atoms with E-state index in [4.69, 9.17) is 4.74 Å². The lowest BCUT2D eigenvalue weighted by atomic mass is 9.43. The average molecular weight is 652 g/mol. The normalized spacial score (nSPS) is 40.4. The Hall–Kier alpha value is -2.12. The van der Waals surface area contributed by atoms with Crippen LogP contribution in [0.4, 0.5) is 0 Å². The van der Waals surface area contributed by atoms with Gasteiger partial charge in [0.05, 0.1) is 13.0 Å². The third-order valence-corrected chi connectivity index (χ3v) is 15.0. The third-order valence-electron chi connectivity index (χ3n) is 15.0. The predicted octanol–water partition coefficient (Wildman–Crippen LogP) is 6.62. The summed E-state index contributed by atoms with van der Waals surface area (Å²) >= 11 is 0. The molecule has 0 saturated heterocycles.